The predicted octanol–water partition coefficient (Wildman–Crippen LogP) is 3.32. The van der Waals surface area contributed by atoms with E-state index in [4.69, 9.17) is 4.74 Å². The summed E-state index contributed by atoms with van der Waals surface area (Å²) in [7, 11) is 0. The van der Waals surface area contributed by atoms with E-state index < -0.39 is 0 Å². The molecular formula is C20H25FN4OS. The molecule has 2 fully saturated rings. The van der Waals surface area contributed by atoms with Crippen molar-refractivity contribution in [2.45, 2.75) is 23.9 Å². The number of halogens is 1. The van der Waals surface area contributed by atoms with Gasteiger partial charge in [0.2, 0.25) is 5.95 Å². The van der Waals surface area contributed by atoms with Crippen molar-refractivity contribution < 1.29 is 9.13 Å². The summed E-state index contributed by atoms with van der Waals surface area (Å²) in [6.45, 7) is 4.62. The van der Waals surface area contributed by atoms with Gasteiger partial charge in [-0.3, -0.25) is 4.90 Å². The lowest BCUT2D eigenvalue weighted by Crippen LogP contribution is -2.57. The van der Waals surface area contributed by atoms with E-state index in [1.165, 1.54) is 24.4 Å². The Morgan fingerprint density at radius 1 is 1.19 bits per heavy atom. The molecule has 144 valence electrons. The lowest BCUT2D eigenvalue weighted by atomic mass is 9.91. The average molecular weight is 389 g/mol. The lowest BCUT2D eigenvalue weighted by molar-refractivity contribution is 0.0725. The third kappa shape index (κ3) is 4.35. The number of fused-ring (bicyclic) bond motifs is 1. The second-order valence-corrected chi connectivity index (χ2v) is 7.98. The number of aromatic nitrogens is 2. The Kier molecular flexibility index (Phi) is 5.78. The first-order valence-corrected chi connectivity index (χ1v) is 10.7. The molecule has 2 aliphatic rings. The van der Waals surface area contributed by atoms with Crippen molar-refractivity contribution >= 4 is 17.7 Å². The van der Waals surface area contributed by atoms with Crippen molar-refractivity contribution in [2.75, 3.05) is 43.9 Å². The van der Waals surface area contributed by atoms with Gasteiger partial charge in [-0.05, 0) is 31.2 Å². The molecule has 3 heterocycles. The van der Waals surface area contributed by atoms with Crippen LogP contribution in [0.3, 0.4) is 0 Å². The third-order valence-corrected chi connectivity index (χ3v) is 6.08. The highest BCUT2D eigenvalue weighted by Crippen LogP contribution is 2.28. The van der Waals surface area contributed by atoms with Gasteiger partial charge in [0.15, 0.2) is 5.82 Å². The summed E-state index contributed by atoms with van der Waals surface area (Å²) < 4.78 is 19.6. The minimum absolute atomic E-state index is 0.344. The van der Waals surface area contributed by atoms with Gasteiger partial charge < -0.3 is 9.64 Å². The molecule has 0 saturated carbocycles. The van der Waals surface area contributed by atoms with Gasteiger partial charge in [0.05, 0.1) is 12.8 Å². The zero-order valence-electron chi connectivity index (χ0n) is 15.6. The molecule has 2 aliphatic heterocycles. The molecule has 1 aromatic carbocycles. The van der Waals surface area contributed by atoms with Crippen LogP contribution in [0.2, 0.25) is 0 Å². The van der Waals surface area contributed by atoms with Crippen LogP contribution in [0, 0.1) is 11.7 Å². The zero-order valence-corrected chi connectivity index (χ0v) is 16.4. The molecule has 7 heteroatoms. The standard InChI is InChI=1S/C20H25FN4OS/c1-27-19-18(21)11-22-20(23-19)25-10-9-24-12-15(7-8-16(24)13-25)14-26-17-5-3-2-4-6-17/h2-6,11,15-16H,7-10,12-14H2,1H3/t15-,16+/m1/s1. The molecule has 2 atom stereocenters. The highest BCUT2D eigenvalue weighted by Gasteiger charge is 2.34. The quantitative estimate of drug-likeness (QED) is 0.578. The highest BCUT2D eigenvalue weighted by atomic mass is 32.2. The van der Waals surface area contributed by atoms with E-state index in [2.05, 4.69) is 19.8 Å². The third-order valence-electron chi connectivity index (χ3n) is 5.41. The molecule has 2 saturated heterocycles. The Balaban J connectivity index is 1.32. The van der Waals surface area contributed by atoms with Gasteiger partial charge in [0, 0.05) is 38.1 Å². The van der Waals surface area contributed by atoms with Crippen molar-refractivity contribution in [1.29, 1.82) is 0 Å². The van der Waals surface area contributed by atoms with E-state index in [0.717, 1.165) is 45.0 Å². The van der Waals surface area contributed by atoms with Gasteiger partial charge >= 0.3 is 0 Å². The monoisotopic (exact) mass is 388 g/mol. The largest absolute Gasteiger partial charge is 0.493 e. The van der Waals surface area contributed by atoms with E-state index in [-0.39, 0.29) is 5.82 Å². The Morgan fingerprint density at radius 3 is 2.85 bits per heavy atom. The Hall–Kier alpha value is -1.86. The number of ether oxygens (including phenoxy) is 1. The number of rotatable bonds is 5. The number of para-hydroxylation sites is 1. The molecule has 27 heavy (non-hydrogen) atoms. The fraction of sp³-hybridized carbons (Fsp3) is 0.500. The van der Waals surface area contributed by atoms with Gasteiger partial charge in [-0.25, -0.2) is 14.4 Å². The Morgan fingerprint density at radius 2 is 2.04 bits per heavy atom. The molecule has 4 rings (SSSR count). The van der Waals surface area contributed by atoms with Crippen LogP contribution in [-0.4, -0.2) is 60.0 Å². The van der Waals surface area contributed by atoms with E-state index >= 15 is 0 Å². The van der Waals surface area contributed by atoms with Crippen LogP contribution in [0.5, 0.6) is 5.75 Å². The molecular weight excluding hydrogens is 363 g/mol. The fourth-order valence-corrected chi connectivity index (χ4v) is 4.37. The lowest BCUT2D eigenvalue weighted by Gasteiger charge is -2.46. The average Bonchev–Trinajstić information content (AvgIpc) is 2.73. The maximum Gasteiger partial charge on any atom is 0.226 e. The number of nitrogens with zero attached hydrogens (tertiary/aromatic N) is 4. The first-order chi connectivity index (χ1) is 13.2. The van der Waals surface area contributed by atoms with Crippen molar-refractivity contribution in [1.82, 2.24) is 14.9 Å². The van der Waals surface area contributed by atoms with Crippen LogP contribution in [-0.2, 0) is 0 Å². The number of benzene rings is 1. The van der Waals surface area contributed by atoms with Gasteiger partial charge in [-0.1, -0.05) is 18.2 Å². The normalized spacial score (nSPS) is 23.1. The van der Waals surface area contributed by atoms with E-state index in [1.54, 1.807) is 0 Å². The maximum absolute atomic E-state index is 13.7. The van der Waals surface area contributed by atoms with Crippen LogP contribution in [0.4, 0.5) is 10.3 Å². The number of hydrogen-bond donors (Lipinski definition) is 0. The fourth-order valence-electron chi connectivity index (χ4n) is 3.94. The second kappa shape index (κ2) is 8.44. The summed E-state index contributed by atoms with van der Waals surface area (Å²) in [5.41, 5.74) is 0. The van der Waals surface area contributed by atoms with Crippen molar-refractivity contribution in [3.63, 3.8) is 0 Å². The molecule has 0 spiro atoms. The summed E-state index contributed by atoms with van der Waals surface area (Å²) in [4.78, 5) is 13.4. The van der Waals surface area contributed by atoms with Gasteiger partial charge in [-0.15, -0.1) is 11.8 Å². The van der Waals surface area contributed by atoms with Crippen molar-refractivity contribution in [2.24, 2.45) is 5.92 Å². The summed E-state index contributed by atoms with van der Waals surface area (Å²) in [5.74, 6) is 1.82. The molecule has 2 aromatic rings. The van der Waals surface area contributed by atoms with E-state index in [0.29, 0.717) is 22.9 Å². The summed E-state index contributed by atoms with van der Waals surface area (Å²) in [5, 5.41) is 0.421. The van der Waals surface area contributed by atoms with Crippen LogP contribution in [0.15, 0.2) is 41.6 Å². The number of piperazine rings is 1. The Bertz CT molecular complexity index is 763. The van der Waals surface area contributed by atoms with Crippen LogP contribution in [0.25, 0.3) is 0 Å². The summed E-state index contributed by atoms with van der Waals surface area (Å²) in [6, 6.07) is 10.5. The topological polar surface area (TPSA) is 41.5 Å². The van der Waals surface area contributed by atoms with Gasteiger partial charge in [0.1, 0.15) is 10.8 Å². The number of piperidine rings is 1. The smallest absolute Gasteiger partial charge is 0.226 e. The van der Waals surface area contributed by atoms with Crippen LogP contribution in [0.1, 0.15) is 12.8 Å². The molecule has 0 unspecified atom stereocenters. The molecule has 0 amide bonds. The van der Waals surface area contributed by atoms with E-state index in [1.807, 2.05) is 36.6 Å². The van der Waals surface area contributed by atoms with Crippen molar-refractivity contribution in [3.05, 3.63) is 42.3 Å². The molecule has 0 N–H and O–H groups in total. The number of hydrogen-bond acceptors (Lipinski definition) is 6. The summed E-state index contributed by atoms with van der Waals surface area (Å²) in [6.07, 6.45) is 5.45. The van der Waals surface area contributed by atoms with E-state index in [9.17, 15) is 4.39 Å². The van der Waals surface area contributed by atoms with Crippen LogP contribution < -0.4 is 9.64 Å². The molecule has 0 aliphatic carbocycles. The first kappa shape index (κ1) is 18.5. The molecule has 0 bridgehead atoms. The molecule has 5 nitrogen and oxygen atoms in total. The second-order valence-electron chi connectivity index (χ2n) is 7.19. The highest BCUT2D eigenvalue weighted by molar-refractivity contribution is 7.98. The minimum atomic E-state index is -0.344. The first-order valence-electron chi connectivity index (χ1n) is 9.46. The maximum atomic E-state index is 13.7. The predicted molar refractivity (Wildman–Crippen MR) is 106 cm³/mol. The van der Waals surface area contributed by atoms with Crippen molar-refractivity contribution in [3.8, 4) is 5.75 Å². The SMILES string of the molecule is CSc1nc(N2CCN3C[C@H](COc4ccccc4)CC[C@H]3C2)ncc1F. The van der Waals surface area contributed by atoms with Gasteiger partial charge in [0.25, 0.3) is 0 Å². The minimum Gasteiger partial charge on any atom is -0.493 e. The number of anilines is 1. The molecule has 1 aromatic heterocycles. The zero-order chi connectivity index (χ0) is 18.6. The van der Waals surface area contributed by atoms with Gasteiger partial charge in [-0.2, -0.15) is 0 Å². The molecule has 0 radical (unpaired) electrons. The Labute approximate surface area is 163 Å². The van der Waals surface area contributed by atoms with Crippen LogP contribution >= 0.6 is 11.8 Å². The summed E-state index contributed by atoms with van der Waals surface area (Å²) >= 11 is 1.32. The number of thioether (sulfide) groups is 1.